The molecule has 0 aliphatic carbocycles. The number of ether oxygens (including phenoxy) is 4. The van der Waals surface area contributed by atoms with E-state index < -0.39 is 0 Å². The predicted molar refractivity (Wildman–Crippen MR) is 256 cm³/mol. The van der Waals surface area contributed by atoms with Crippen molar-refractivity contribution < 1.29 is 28.7 Å². The summed E-state index contributed by atoms with van der Waals surface area (Å²) in [5.74, 6) is 0. The Labute approximate surface area is 372 Å². The van der Waals surface area contributed by atoms with E-state index in [1.807, 2.05) is 0 Å². The molecule has 1 rings (SSSR count). The average molecular weight is 846 g/mol. The van der Waals surface area contributed by atoms with Gasteiger partial charge >= 0.3 is 0 Å². The van der Waals surface area contributed by atoms with Gasteiger partial charge in [0.2, 0.25) is 0 Å². The van der Waals surface area contributed by atoms with E-state index in [4.69, 9.17) is 28.7 Å². The Bertz CT molecular complexity index is 872. The van der Waals surface area contributed by atoms with Gasteiger partial charge in [0.25, 0.3) is 0 Å². The van der Waals surface area contributed by atoms with Gasteiger partial charge < -0.3 is 23.8 Å². The molecule has 7 heteroatoms. The predicted octanol–water partition coefficient (Wildman–Crippen LogP) is 15.3. The van der Waals surface area contributed by atoms with E-state index in [2.05, 4.69) is 67.4 Å². The van der Waals surface area contributed by atoms with Gasteiger partial charge in [-0.2, -0.15) is 0 Å². The van der Waals surface area contributed by atoms with E-state index in [-0.39, 0.29) is 6.10 Å². The standard InChI is InChI=1S/C53H99NO6/c1-3-5-7-9-11-13-15-17-19-21-23-25-27-29-31-36-46-55-51-57-48-39-41-53(60-59-50-38-35-45-54-43-33-34-44-54)42-40-49-58-52-56-47-37-32-30-28-26-24-22-20-18-16-14-12-10-8-6-4-2/h11-14,17-20,53H,3-10,15-16,21-52H2,1-2H3/b13-11-,14-12-,19-17-,20-18-. The lowest BCUT2D eigenvalue weighted by Crippen LogP contribution is -2.21. The summed E-state index contributed by atoms with van der Waals surface area (Å²) in [5.41, 5.74) is 0. The van der Waals surface area contributed by atoms with Gasteiger partial charge in [-0.25, -0.2) is 9.78 Å². The molecule has 0 radical (unpaired) electrons. The molecule has 0 saturated carbocycles. The molecule has 0 N–H and O–H groups in total. The van der Waals surface area contributed by atoms with Crippen LogP contribution in [0.4, 0.5) is 0 Å². The zero-order chi connectivity index (χ0) is 42.8. The Kier molecular flexibility index (Phi) is 47.6. The lowest BCUT2D eigenvalue weighted by molar-refractivity contribution is -0.327. The Morgan fingerprint density at radius 1 is 0.400 bits per heavy atom. The second-order valence-electron chi connectivity index (χ2n) is 17.1. The van der Waals surface area contributed by atoms with Crippen molar-refractivity contribution in [2.75, 3.05) is 66.3 Å². The highest BCUT2D eigenvalue weighted by Gasteiger charge is 2.12. The molecular formula is C53H99NO6. The summed E-state index contributed by atoms with van der Waals surface area (Å²) in [6.07, 6.45) is 57.5. The molecule has 60 heavy (non-hydrogen) atoms. The normalized spacial score (nSPS) is 14.0. The molecule has 0 bridgehead atoms. The van der Waals surface area contributed by atoms with E-state index in [0.29, 0.717) is 33.4 Å². The summed E-state index contributed by atoms with van der Waals surface area (Å²) in [5, 5.41) is 0. The highest BCUT2D eigenvalue weighted by atomic mass is 17.2. The van der Waals surface area contributed by atoms with E-state index in [0.717, 1.165) is 71.0 Å². The summed E-state index contributed by atoms with van der Waals surface area (Å²) in [6.45, 7) is 12.5. The van der Waals surface area contributed by atoms with Gasteiger partial charge in [-0.15, -0.1) is 0 Å². The van der Waals surface area contributed by atoms with Crippen molar-refractivity contribution in [3.8, 4) is 0 Å². The molecule has 7 nitrogen and oxygen atoms in total. The van der Waals surface area contributed by atoms with Crippen LogP contribution in [0.1, 0.15) is 219 Å². The van der Waals surface area contributed by atoms with Gasteiger partial charge in [0.1, 0.15) is 13.6 Å². The van der Waals surface area contributed by atoms with Gasteiger partial charge in [0.05, 0.1) is 12.7 Å². The number of unbranched alkanes of at least 4 members (excludes halogenated alkanes) is 19. The fraction of sp³-hybridized carbons (Fsp3) is 0.849. The topological polar surface area (TPSA) is 58.6 Å². The van der Waals surface area contributed by atoms with Gasteiger partial charge in [0.15, 0.2) is 0 Å². The fourth-order valence-electron chi connectivity index (χ4n) is 7.45. The molecule has 0 aromatic rings. The molecular weight excluding hydrogens is 747 g/mol. The first-order valence-electron chi connectivity index (χ1n) is 25.8. The quantitative estimate of drug-likeness (QED) is 0.0199. The Hall–Kier alpha value is -1.32. The Balaban J connectivity index is 2.00. The summed E-state index contributed by atoms with van der Waals surface area (Å²) in [4.78, 5) is 14.2. The number of likely N-dealkylation sites (tertiary alicyclic amines) is 1. The van der Waals surface area contributed by atoms with Gasteiger partial charge in [-0.1, -0.05) is 140 Å². The van der Waals surface area contributed by atoms with Crippen LogP contribution < -0.4 is 0 Å². The lowest BCUT2D eigenvalue weighted by Gasteiger charge is -2.17. The number of rotatable bonds is 49. The van der Waals surface area contributed by atoms with Crippen LogP contribution in [0.25, 0.3) is 0 Å². The minimum atomic E-state index is 0.0502. The van der Waals surface area contributed by atoms with Crippen LogP contribution in [-0.2, 0) is 28.7 Å². The zero-order valence-corrected chi connectivity index (χ0v) is 39.8. The van der Waals surface area contributed by atoms with Crippen LogP contribution in [0.2, 0.25) is 0 Å². The SMILES string of the molecule is CCCCC/C=C\C/C=C\CCCCCCCCOCOCCCC(CCCOCOCCCCCCCC/C=C\C/C=C\CCCCC)OOCCCCN1CCCC1. The maximum Gasteiger partial charge on any atom is 0.146 e. The first kappa shape index (κ1) is 56.7. The molecule has 1 heterocycles. The fourth-order valence-corrected chi connectivity index (χ4v) is 7.45. The van der Waals surface area contributed by atoms with Gasteiger partial charge in [-0.3, -0.25) is 0 Å². The number of hydrogen-bond donors (Lipinski definition) is 0. The largest absolute Gasteiger partial charge is 0.355 e. The third kappa shape index (κ3) is 44.7. The van der Waals surface area contributed by atoms with Crippen LogP contribution in [0.15, 0.2) is 48.6 Å². The smallest absolute Gasteiger partial charge is 0.146 e. The summed E-state index contributed by atoms with van der Waals surface area (Å²) in [6, 6.07) is 0. The van der Waals surface area contributed by atoms with Crippen molar-refractivity contribution in [2.24, 2.45) is 0 Å². The van der Waals surface area contributed by atoms with Crippen molar-refractivity contribution in [1.82, 2.24) is 4.90 Å². The molecule has 1 aliphatic heterocycles. The minimum Gasteiger partial charge on any atom is -0.355 e. The van der Waals surface area contributed by atoms with E-state index in [9.17, 15) is 0 Å². The number of hydrogen-bond acceptors (Lipinski definition) is 7. The molecule has 1 aliphatic rings. The van der Waals surface area contributed by atoms with Crippen LogP contribution in [-0.4, -0.2) is 77.3 Å². The molecule has 0 atom stereocenters. The van der Waals surface area contributed by atoms with Crippen LogP contribution in [0.5, 0.6) is 0 Å². The molecule has 0 amide bonds. The van der Waals surface area contributed by atoms with Crippen molar-refractivity contribution in [2.45, 2.75) is 225 Å². The van der Waals surface area contributed by atoms with E-state index in [1.165, 1.54) is 167 Å². The van der Waals surface area contributed by atoms with E-state index in [1.54, 1.807) is 0 Å². The first-order valence-corrected chi connectivity index (χ1v) is 25.8. The van der Waals surface area contributed by atoms with Crippen molar-refractivity contribution in [3.05, 3.63) is 48.6 Å². The molecule has 0 aromatic heterocycles. The highest BCUT2D eigenvalue weighted by Crippen LogP contribution is 2.14. The maximum absolute atomic E-state index is 5.91. The molecule has 352 valence electrons. The summed E-state index contributed by atoms with van der Waals surface area (Å²) < 4.78 is 23.1. The van der Waals surface area contributed by atoms with Crippen molar-refractivity contribution in [3.63, 3.8) is 0 Å². The minimum absolute atomic E-state index is 0.0502. The molecule has 1 saturated heterocycles. The molecule has 0 aromatic carbocycles. The maximum atomic E-state index is 5.91. The second kappa shape index (κ2) is 50.3. The van der Waals surface area contributed by atoms with Crippen molar-refractivity contribution in [1.29, 1.82) is 0 Å². The second-order valence-corrected chi connectivity index (χ2v) is 17.1. The van der Waals surface area contributed by atoms with Gasteiger partial charge in [0, 0.05) is 26.4 Å². The highest BCUT2D eigenvalue weighted by molar-refractivity contribution is 4.93. The van der Waals surface area contributed by atoms with Crippen molar-refractivity contribution >= 4 is 0 Å². The third-order valence-corrected chi connectivity index (χ3v) is 11.3. The van der Waals surface area contributed by atoms with Crippen LogP contribution >= 0.6 is 0 Å². The van der Waals surface area contributed by atoms with Crippen LogP contribution in [0, 0.1) is 0 Å². The molecule has 0 spiro atoms. The molecule has 1 fully saturated rings. The average Bonchev–Trinajstić information content (AvgIpc) is 3.79. The van der Waals surface area contributed by atoms with E-state index >= 15 is 0 Å². The van der Waals surface area contributed by atoms with Crippen LogP contribution in [0.3, 0.4) is 0 Å². The summed E-state index contributed by atoms with van der Waals surface area (Å²) >= 11 is 0. The Morgan fingerprint density at radius 3 is 1.23 bits per heavy atom. The molecule has 0 unspecified atom stereocenters. The lowest BCUT2D eigenvalue weighted by atomic mass is 10.1. The Morgan fingerprint density at radius 2 is 0.783 bits per heavy atom. The third-order valence-electron chi connectivity index (χ3n) is 11.3. The van der Waals surface area contributed by atoms with Gasteiger partial charge in [-0.05, 0) is 148 Å². The number of allylic oxidation sites excluding steroid dienone is 8. The summed E-state index contributed by atoms with van der Waals surface area (Å²) in [7, 11) is 0. The monoisotopic (exact) mass is 846 g/mol. The first-order chi connectivity index (χ1) is 29.9. The number of nitrogens with zero attached hydrogens (tertiary/aromatic N) is 1. The zero-order valence-electron chi connectivity index (χ0n) is 39.8.